The van der Waals surface area contributed by atoms with Gasteiger partial charge in [0.15, 0.2) is 0 Å². The van der Waals surface area contributed by atoms with Gasteiger partial charge in [-0.05, 0) is 202 Å². The van der Waals surface area contributed by atoms with Crippen LogP contribution in [0, 0.1) is 0 Å². The summed E-state index contributed by atoms with van der Waals surface area (Å²) in [5, 5.41) is 7.21. The topological polar surface area (TPSA) is 0 Å². The third-order valence-electron chi connectivity index (χ3n) is 19.9. The van der Waals surface area contributed by atoms with Crippen LogP contribution in [0.2, 0.25) is 0 Å². The van der Waals surface area contributed by atoms with E-state index in [2.05, 4.69) is 184 Å². The molecule has 0 atom stereocenters. The van der Waals surface area contributed by atoms with Gasteiger partial charge in [0.05, 0.1) is 0 Å². The van der Waals surface area contributed by atoms with Gasteiger partial charge < -0.3 is 0 Å². The molecular formula is C90H110S8. The zero-order valence-electron chi connectivity index (χ0n) is 59.7. The van der Waals surface area contributed by atoms with Crippen molar-refractivity contribution in [1.82, 2.24) is 0 Å². The minimum absolute atomic E-state index is 1.14. The molecule has 0 spiro atoms. The molecule has 0 unspecified atom stereocenters. The van der Waals surface area contributed by atoms with Crippen molar-refractivity contribution in [2.24, 2.45) is 0 Å². The van der Waals surface area contributed by atoms with Gasteiger partial charge in [0.2, 0.25) is 0 Å². The summed E-state index contributed by atoms with van der Waals surface area (Å²) in [5.41, 5.74) is 11.2. The highest BCUT2D eigenvalue weighted by Gasteiger charge is 2.20. The fraction of sp³-hybridized carbons (Fsp3) is 0.444. The summed E-state index contributed by atoms with van der Waals surface area (Å²) in [6.45, 7) is 9.25. The van der Waals surface area contributed by atoms with Gasteiger partial charge in [-0.15, -0.1) is 90.7 Å². The predicted octanol–water partition coefficient (Wildman–Crippen LogP) is 33.6. The van der Waals surface area contributed by atoms with Crippen LogP contribution in [0.5, 0.6) is 0 Å². The van der Waals surface area contributed by atoms with Crippen LogP contribution in [-0.2, 0) is 25.7 Å². The van der Waals surface area contributed by atoms with Crippen molar-refractivity contribution in [1.29, 1.82) is 0 Å². The number of thiophene rings is 8. The minimum Gasteiger partial charge on any atom is -0.143 e. The number of hydrogen-bond donors (Lipinski definition) is 0. The zero-order valence-corrected chi connectivity index (χ0v) is 66.3. The number of hydrogen-bond acceptors (Lipinski definition) is 8. The van der Waals surface area contributed by atoms with Gasteiger partial charge in [0, 0.05) is 68.3 Å². The lowest BCUT2D eigenvalue weighted by atomic mass is 10.0. The molecule has 0 bridgehead atoms. The van der Waals surface area contributed by atoms with E-state index in [1.165, 1.54) is 331 Å². The molecule has 8 heterocycles. The molecule has 11 rings (SSSR count). The summed E-state index contributed by atoms with van der Waals surface area (Å²) in [6, 6.07) is 52.5. The Morgan fingerprint density at radius 2 is 0.531 bits per heavy atom. The summed E-state index contributed by atoms with van der Waals surface area (Å²) < 4.78 is 0. The fourth-order valence-corrected chi connectivity index (χ4v) is 23.2. The first kappa shape index (κ1) is 74.4. The molecule has 8 aromatic heterocycles. The Morgan fingerprint density at radius 1 is 0.224 bits per heavy atom. The van der Waals surface area contributed by atoms with E-state index < -0.39 is 0 Å². The van der Waals surface area contributed by atoms with Gasteiger partial charge in [0.1, 0.15) is 0 Å². The van der Waals surface area contributed by atoms with Crippen LogP contribution in [0.1, 0.15) is 267 Å². The second-order valence-corrected chi connectivity index (χ2v) is 36.1. The first-order chi connectivity index (χ1) is 48.4. The van der Waals surface area contributed by atoms with E-state index >= 15 is 0 Å². The molecule has 11 aromatic rings. The van der Waals surface area contributed by atoms with E-state index in [9.17, 15) is 0 Å². The lowest BCUT2D eigenvalue weighted by Gasteiger charge is -2.04. The molecule has 3 aromatic carbocycles. The van der Waals surface area contributed by atoms with Crippen molar-refractivity contribution >= 4 is 114 Å². The second kappa shape index (κ2) is 40.8. The summed E-state index contributed by atoms with van der Waals surface area (Å²) in [5.74, 6) is 0. The third-order valence-corrected chi connectivity index (χ3v) is 29.7. The van der Waals surface area contributed by atoms with Gasteiger partial charge in [-0.1, -0.05) is 268 Å². The number of aryl methyl sites for hydroxylation is 4. The maximum Gasteiger partial charge on any atom is 0.0481 e. The normalized spacial score (nSPS) is 11.9. The van der Waals surface area contributed by atoms with Crippen molar-refractivity contribution in [2.45, 2.75) is 259 Å². The monoisotopic (exact) mass is 1450 g/mol. The number of unbranched alkanes of at least 4 members (excludes halogenated alkanes) is 28. The van der Waals surface area contributed by atoms with Gasteiger partial charge in [-0.3, -0.25) is 0 Å². The highest BCUT2D eigenvalue weighted by molar-refractivity contribution is 7.30. The average Bonchev–Trinajstić information content (AvgIpc) is 1.60. The molecule has 0 saturated carbocycles. The number of benzene rings is 3. The third kappa shape index (κ3) is 21.9. The van der Waals surface area contributed by atoms with Crippen LogP contribution in [0.3, 0.4) is 0 Å². The molecule has 0 saturated heterocycles. The van der Waals surface area contributed by atoms with Crippen LogP contribution < -0.4 is 0 Å². The molecule has 518 valence electrons. The van der Waals surface area contributed by atoms with E-state index in [-0.39, 0.29) is 0 Å². The SMILES string of the molecule is CCCCCCCCCCc1ccsc1-c1ccc(-c2ccc(-c3sc(-c4ccc(/C=C/c5ccc6cc(-c7cc(CCCCCCCCCC)c(-c8ccc(-c9ccc(-c%10sccc%10CCCCCCCCCC)s9)s8)s7)ccc6c5)cc4)cc3CCCCCCCCCC)s2)s1. The summed E-state index contributed by atoms with van der Waals surface area (Å²) in [7, 11) is 0. The van der Waals surface area contributed by atoms with E-state index in [1.54, 1.807) is 11.1 Å². The Morgan fingerprint density at radius 3 is 0.939 bits per heavy atom. The van der Waals surface area contributed by atoms with E-state index in [4.69, 9.17) is 0 Å². The van der Waals surface area contributed by atoms with Crippen LogP contribution in [0.4, 0.5) is 0 Å². The molecule has 0 aliphatic heterocycles. The van der Waals surface area contributed by atoms with Crippen LogP contribution >= 0.6 is 90.7 Å². The van der Waals surface area contributed by atoms with Gasteiger partial charge in [-0.2, -0.15) is 0 Å². The fourth-order valence-electron chi connectivity index (χ4n) is 14.1. The lowest BCUT2D eigenvalue weighted by Crippen LogP contribution is -1.86. The Hall–Kier alpha value is -4.74. The summed E-state index contributed by atoms with van der Waals surface area (Å²) in [6.07, 6.45) is 52.7. The molecule has 0 aliphatic rings. The first-order valence-electron chi connectivity index (χ1n) is 38.6. The van der Waals surface area contributed by atoms with Crippen molar-refractivity contribution in [3.8, 4) is 79.4 Å². The molecule has 98 heavy (non-hydrogen) atoms. The van der Waals surface area contributed by atoms with Crippen LogP contribution in [-0.4, -0.2) is 0 Å². The van der Waals surface area contributed by atoms with Gasteiger partial charge in [-0.25, -0.2) is 0 Å². The highest BCUT2D eigenvalue weighted by atomic mass is 32.1. The Kier molecular flexibility index (Phi) is 31.0. The molecule has 0 amide bonds. The van der Waals surface area contributed by atoms with Crippen LogP contribution in [0.15, 0.2) is 144 Å². The Bertz CT molecular complexity index is 4090. The largest absolute Gasteiger partial charge is 0.143 e. The molecule has 0 N–H and O–H groups in total. The lowest BCUT2D eigenvalue weighted by molar-refractivity contribution is 0.576. The smallest absolute Gasteiger partial charge is 0.0481 e. The van der Waals surface area contributed by atoms with E-state index in [0.717, 1.165) is 12.8 Å². The maximum atomic E-state index is 2.55. The average molecular weight is 1450 g/mol. The molecule has 0 radical (unpaired) electrons. The highest BCUT2D eigenvalue weighted by Crippen LogP contribution is 2.49. The van der Waals surface area contributed by atoms with E-state index in [0.29, 0.717) is 0 Å². The second-order valence-electron chi connectivity index (χ2n) is 27.8. The van der Waals surface area contributed by atoms with Crippen molar-refractivity contribution in [2.75, 3.05) is 0 Å². The molecule has 0 nitrogen and oxygen atoms in total. The summed E-state index contributed by atoms with van der Waals surface area (Å²) >= 11 is 15.8. The van der Waals surface area contributed by atoms with Crippen molar-refractivity contribution < 1.29 is 0 Å². The van der Waals surface area contributed by atoms with Crippen LogP contribution in [0.25, 0.3) is 102 Å². The summed E-state index contributed by atoms with van der Waals surface area (Å²) in [4.78, 5) is 19.9. The molecule has 8 heteroatoms. The first-order valence-corrected chi connectivity index (χ1v) is 45.2. The number of fused-ring (bicyclic) bond motifs is 1. The number of rotatable bonds is 46. The molecule has 0 aliphatic carbocycles. The standard InChI is InChI=1S/C90H110S8/c1-5-9-13-17-21-25-29-33-37-70-59-61-91-87(70)81-55-51-77(93-81)79-53-57-83(95-79)89-75(39-35-31-27-23-19-15-11-7-3)65-85(97-89)69-46-43-67(44-47-69)41-42-68-45-48-73-64-74(50-49-72(73)63-68)86-66-76(40-36-32-28-24-20-16-12-8-4)90(98-86)84-58-54-80(96-84)78-52-56-82(94-78)88-71(60-62-92-88)38-34-30-26-22-18-14-10-6-2/h41-66H,5-40H2,1-4H3/b42-41+. The maximum absolute atomic E-state index is 2.55. The van der Waals surface area contributed by atoms with Gasteiger partial charge >= 0.3 is 0 Å². The minimum atomic E-state index is 1.14. The predicted molar refractivity (Wildman–Crippen MR) is 451 cm³/mol. The van der Waals surface area contributed by atoms with Gasteiger partial charge in [0.25, 0.3) is 0 Å². The Labute approximate surface area is 623 Å². The quantitative estimate of drug-likeness (QED) is 0.0263. The van der Waals surface area contributed by atoms with Crippen molar-refractivity contribution in [3.63, 3.8) is 0 Å². The molecular weight excluding hydrogens is 1340 g/mol. The van der Waals surface area contributed by atoms with E-state index in [1.807, 2.05) is 90.7 Å². The zero-order chi connectivity index (χ0) is 67.4. The Balaban J connectivity index is 0.744. The molecule has 0 fully saturated rings. The van der Waals surface area contributed by atoms with Crippen molar-refractivity contribution in [3.05, 3.63) is 178 Å².